The molecule has 3 aromatic heterocycles. The normalized spacial score (nSPS) is 16.0. The number of anilines is 1. The lowest BCUT2D eigenvalue weighted by Crippen LogP contribution is -2.46. The van der Waals surface area contributed by atoms with Gasteiger partial charge in [-0.15, -0.1) is 25.5 Å². The lowest BCUT2D eigenvalue weighted by molar-refractivity contribution is 0.248. The SMILES string of the molecule is CCOc1nnc(CN2CCN(c3ccc4nncn4n3)CC2)s1. The fourth-order valence-corrected chi connectivity index (χ4v) is 3.49. The molecule has 1 aliphatic heterocycles. The smallest absolute Gasteiger partial charge is 0.294 e. The van der Waals surface area contributed by atoms with Crippen LogP contribution in [0.5, 0.6) is 5.19 Å². The summed E-state index contributed by atoms with van der Waals surface area (Å²) in [6, 6.07) is 3.94. The Morgan fingerprint density at radius 1 is 1.12 bits per heavy atom. The maximum atomic E-state index is 5.38. The molecule has 0 atom stereocenters. The molecule has 10 heteroatoms. The Morgan fingerprint density at radius 2 is 2.00 bits per heavy atom. The van der Waals surface area contributed by atoms with Gasteiger partial charge in [0, 0.05) is 26.2 Å². The van der Waals surface area contributed by atoms with Gasteiger partial charge in [-0.3, -0.25) is 4.90 Å². The second-order valence-electron chi connectivity index (χ2n) is 5.48. The quantitative estimate of drug-likeness (QED) is 0.667. The first-order valence-corrected chi connectivity index (χ1v) is 8.73. The maximum absolute atomic E-state index is 5.38. The summed E-state index contributed by atoms with van der Waals surface area (Å²) < 4.78 is 7.08. The molecular formula is C14H18N8OS. The fourth-order valence-electron chi connectivity index (χ4n) is 2.70. The predicted molar refractivity (Wildman–Crippen MR) is 89.4 cm³/mol. The predicted octanol–water partition coefficient (Wildman–Crippen LogP) is 0.697. The van der Waals surface area contributed by atoms with Gasteiger partial charge in [0.2, 0.25) is 0 Å². The van der Waals surface area contributed by atoms with Crippen molar-refractivity contribution < 1.29 is 4.74 Å². The molecule has 24 heavy (non-hydrogen) atoms. The second kappa shape index (κ2) is 6.65. The molecular weight excluding hydrogens is 328 g/mol. The van der Waals surface area contributed by atoms with Crippen molar-refractivity contribution in [3.63, 3.8) is 0 Å². The summed E-state index contributed by atoms with van der Waals surface area (Å²) in [6.07, 6.45) is 1.63. The van der Waals surface area contributed by atoms with Gasteiger partial charge in [0.05, 0.1) is 13.2 Å². The number of aromatic nitrogens is 6. The van der Waals surface area contributed by atoms with Gasteiger partial charge in [-0.2, -0.15) is 4.52 Å². The van der Waals surface area contributed by atoms with Crippen LogP contribution in [0.15, 0.2) is 18.5 Å². The summed E-state index contributed by atoms with van der Waals surface area (Å²) in [5.74, 6) is 0.955. The van der Waals surface area contributed by atoms with Gasteiger partial charge in [0.15, 0.2) is 5.65 Å². The summed E-state index contributed by atoms with van der Waals surface area (Å²) >= 11 is 1.52. The topological polar surface area (TPSA) is 84.6 Å². The van der Waals surface area contributed by atoms with Crippen molar-refractivity contribution in [3.05, 3.63) is 23.5 Å². The highest BCUT2D eigenvalue weighted by Crippen LogP contribution is 2.20. The van der Waals surface area contributed by atoms with E-state index in [1.165, 1.54) is 11.3 Å². The first kappa shape index (κ1) is 15.2. The minimum atomic E-state index is 0.622. The number of hydrogen-bond donors (Lipinski definition) is 0. The molecule has 0 amide bonds. The van der Waals surface area contributed by atoms with Crippen molar-refractivity contribution in [1.82, 2.24) is 34.9 Å². The highest BCUT2D eigenvalue weighted by molar-refractivity contribution is 7.13. The number of ether oxygens (including phenoxy) is 1. The van der Waals surface area contributed by atoms with E-state index in [0.717, 1.165) is 49.2 Å². The molecule has 0 spiro atoms. The van der Waals surface area contributed by atoms with Crippen LogP contribution in [0.25, 0.3) is 5.65 Å². The average Bonchev–Trinajstić information content (AvgIpc) is 3.24. The molecule has 0 saturated carbocycles. The standard InChI is InChI=1S/C14H18N8OS/c1-2-23-14-18-17-13(24-14)9-20-5-7-21(8-6-20)12-4-3-11-16-15-10-22(11)19-12/h3-4,10H,2,5-9H2,1H3. The molecule has 9 nitrogen and oxygen atoms in total. The highest BCUT2D eigenvalue weighted by Gasteiger charge is 2.20. The zero-order valence-corrected chi connectivity index (χ0v) is 14.2. The van der Waals surface area contributed by atoms with Crippen molar-refractivity contribution in [2.75, 3.05) is 37.7 Å². The Hall–Kier alpha value is -2.33. The molecule has 1 saturated heterocycles. The van der Waals surface area contributed by atoms with Crippen molar-refractivity contribution in [2.24, 2.45) is 0 Å². The van der Waals surface area contributed by atoms with Crippen LogP contribution >= 0.6 is 11.3 Å². The number of fused-ring (bicyclic) bond motifs is 1. The van der Waals surface area contributed by atoms with Crippen LogP contribution in [0.1, 0.15) is 11.9 Å². The second-order valence-corrected chi connectivity index (χ2v) is 6.51. The molecule has 0 aromatic carbocycles. The number of nitrogens with zero attached hydrogens (tertiary/aromatic N) is 8. The number of hydrogen-bond acceptors (Lipinski definition) is 9. The van der Waals surface area contributed by atoms with E-state index in [1.54, 1.807) is 10.8 Å². The fraction of sp³-hybridized carbons (Fsp3) is 0.500. The van der Waals surface area contributed by atoms with Crippen LogP contribution in [0.3, 0.4) is 0 Å². The van der Waals surface area contributed by atoms with Crippen LogP contribution in [-0.4, -0.2) is 67.7 Å². The molecule has 0 radical (unpaired) electrons. The van der Waals surface area contributed by atoms with Gasteiger partial charge >= 0.3 is 0 Å². The van der Waals surface area contributed by atoms with Crippen LogP contribution < -0.4 is 9.64 Å². The largest absolute Gasteiger partial charge is 0.469 e. The Balaban J connectivity index is 1.35. The Bertz CT molecular complexity index is 810. The minimum absolute atomic E-state index is 0.622. The molecule has 4 rings (SSSR count). The third kappa shape index (κ3) is 3.15. The number of piperazine rings is 1. The zero-order chi connectivity index (χ0) is 16.4. The minimum Gasteiger partial charge on any atom is -0.469 e. The van der Waals surface area contributed by atoms with Crippen molar-refractivity contribution >= 4 is 22.8 Å². The van der Waals surface area contributed by atoms with Gasteiger partial charge in [-0.05, 0) is 19.1 Å². The van der Waals surface area contributed by atoms with Gasteiger partial charge < -0.3 is 9.64 Å². The Morgan fingerprint density at radius 3 is 2.83 bits per heavy atom. The van der Waals surface area contributed by atoms with E-state index >= 15 is 0 Å². The van der Waals surface area contributed by atoms with E-state index in [4.69, 9.17) is 4.74 Å². The molecule has 0 bridgehead atoms. The molecule has 0 unspecified atom stereocenters. The van der Waals surface area contributed by atoms with Crippen LogP contribution in [0.4, 0.5) is 5.82 Å². The van der Waals surface area contributed by atoms with Crippen molar-refractivity contribution in [3.8, 4) is 5.19 Å². The van der Waals surface area contributed by atoms with Crippen molar-refractivity contribution in [2.45, 2.75) is 13.5 Å². The maximum Gasteiger partial charge on any atom is 0.294 e. The van der Waals surface area contributed by atoms with Gasteiger partial charge in [-0.1, -0.05) is 11.3 Å². The zero-order valence-electron chi connectivity index (χ0n) is 13.4. The van der Waals surface area contributed by atoms with Crippen molar-refractivity contribution in [1.29, 1.82) is 0 Å². The van der Waals surface area contributed by atoms with E-state index < -0.39 is 0 Å². The molecule has 0 aliphatic carbocycles. The lowest BCUT2D eigenvalue weighted by atomic mass is 10.3. The lowest BCUT2D eigenvalue weighted by Gasteiger charge is -2.34. The molecule has 1 fully saturated rings. The van der Waals surface area contributed by atoms with E-state index in [0.29, 0.717) is 11.8 Å². The summed E-state index contributed by atoms with van der Waals surface area (Å²) in [5.41, 5.74) is 0.763. The summed E-state index contributed by atoms with van der Waals surface area (Å²) in [7, 11) is 0. The van der Waals surface area contributed by atoms with Crippen LogP contribution in [0, 0.1) is 0 Å². The van der Waals surface area contributed by atoms with Gasteiger partial charge in [0.1, 0.15) is 17.2 Å². The number of rotatable bonds is 5. The first-order valence-electron chi connectivity index (χ1n) is 7.91. The van der Waals surface area contributed by atoms with Gasteiger partial charge in [0.25, 0.3) is 5.19 Å². The third-order valence-electron chi connectivity index (χ3n) is 3.92. The highest BCUT2D eigenvalue weighted by atomic mass is 32.1. The van der Waals surface area contributed by atoms with Crippen LogP contribution in [0.2, 0.25) is 0 Å². The summed E-state index contributed by atoms with van der Waals surface area (Å²) in [6.45, 7) is 7.17. The molecule has 3 aromatic rings. The Labute approximate surface area is 142 Å². The van der Waals surface area contributed by atoms with E-state index in [1.807, 2.05) is 19.1 Å². The average molecular weight is 346 g/mol. The van der Waals surface area contributed by atoms with Gasteiger partial charge in [-0.25, -0.2) is 0 Å². The van der Waals surface area contributed by atoms with E-state index in [9.17, 15) is 0 Å². The molecule has 4 heterocycles. The van der Waals surface area contributed by atoms with Crippen LogP contribution in [-0.2, 0) is 6.54 Å². The molecule has 126 valence electrons. The summed E-state index contributed by atoms with van der Waals surface area (Å²) in [5, 5.41) is 22.3. The monoisotopic (exact) mass is 346 g/mol. The molecule has 1 aliphatic rings. The van der Waals surface area contributed by atoms with E-state index in [-0.39, 0.29) is 0 Å². The Kier molecular flexibility index (Phi) is 4.22. The van der Waals surface area contributed by atoms with E-state index in [2.05, 4.69) is 35.3 Å². The molecule has 0 N–H and O–H groups in total. The summed E-state index contributed by atoms with van der Waals surface area (Å²) in [4.78, 5) is 4.66. The first-order chi connectivity index (χ1) is 11.8. The third-order valence-corrected chi connectivity index (χ3v) is 4.74.